The molecule has 0 aliphatic carbocycles. The van der Waals surface area contributed by atoms with Crippen LogP contribution in [0.25, 0.3) is 6.08 Å². The zero-order chi connectivity index (χ0) is 20.8. The van der Waals surface area contributed by atoms with Gasteiger partial charge in [-0.1, -0.05) is 48.2 Å². The molecule has 8 heteroatoms. The van der Waals surface area contributed by atoms with Gasteiger partial charge in [-0.3, -0.25) is 14.5 Å². The first kappa shape index (κ1) is 20.9. The third-order valence-electron chi connectivity index (χ3n) is 4.22. The second kappa shape index (κ2) is 9.58. The van der Waals surface area contributed by atoms with E-state index in [4.69, 9.17) is 21.7 Å². The molecule has 0 atom stereocenters. The molecule has 0 bridgehead atoms. The minimum absolute atomic E-state index is 0.131. The fourth-order valence-electron chi connectivity index (χ4n) is 2.76. The quantitative estimate of drug-likeness (QED) is 0.532. The number of carbonyl (C=O) groups is 2. The van der Waals surface area contributed by atoms with Crippen LogP contribution in [0, 0.1) is 0 Å². The van der Waals surface area contributed by atoms with Gasteiger partial charge in [-0.15, -0.1) is 0 Å². The maximum Gasteiger partial charge on any atom is 0.266 e. The average Bonchev–Trinajstić information content (AvgIpc) is 2.99. The van der Waals surface area contributed by atoms with Gasteiger partial charge in [0.15, 0.2) is 0 Å². The standard InChI is InChI=1S/C21H20N2O4S2/c1-26-16-8-5-7-15(13-16)22-19(24)10-11-23-20(25)18(29-21(23)28)12-14-6-3-4-9-17(14)27-2/h3-9,12-13H,10-11H2,1-2H3,(H,22,24). The van der Waals surface area contributed by atoms with Crippen LogP contribution >= 0.6 is 24.0 Å². The van der Waals surface area contributed by atoms with Crippen LogP contribution in [-0.4, -0.2) is 41.8 Å². The number of anilines is 1. The Kier molecular flexibility index (Phi) is 6.90. The number of nitrogens with zero attached hydrogens (tertiary/aromatic N) is 1. The number of thioether (sulfide) groups is 1. The van der Waals surface area contributed by atoms with Crippen molar-refractivity contribution in [2.24, 2.45) is 0 Å². The van der Waals surface area contributed by atoms with E-state index in [0.717, 1.165) is 5.56 Å². The molecule has 0 aromatic heterocycles. The monoisotopic (exact) mass is 428 g/mol. The van der Waals surface area contributed by atoms with Crippen LogP contribution in [0.15, 0.2) is 53.4 Å². The second-order valence-electron chi connectivity index (χ2n) is 6.11. The Balaban J connectivity index is 1.63. The summed E-state index contributed by atoms with van der Waals surface area (Å²) in [7, 11) is 3.15. The summed E-state index contributed by atoms with van der Waals surface area (Å²) >= 11 is 6.56. The number of thiocarbonyl (C=S) groups is 1. The van der Waals surface area contributed by atoms with Gasteiger partial charge in [0.25, 0.3) is 5.91 Å². The third kappa shape index (κ3) is 5.16. The number of ether oxygens (including phenoxy) is 2. The van der Waals surface area contributed by atoms with E-state index in [1.807, 2.05) is 24.3 Å². The van der Waals surface area contributed by atoms with Gasteiger partial charge in [0.2, 0.25) is 5.91 Å². The summed E-state index contributed by atoms with van der Waals surface area (Å²) in [4.78, 5) is 27.0. The Morgan fingerprint density at radius 1 is 1.17 bits per heavy atom. The van der Waals surface area contributed by atoms with Gasteiger partial charge in [0, 0.05) is 30.3 Å². The number of para-hydroxylation sites is 1. The number of nitrogens with one attached hydrogen (secondary N) is 1. The summed E-state index contributed by atoms with van der Waals surface area (Å²) in [6, 6.07) is 14.5. The number of amides is 2. The van der Waals surface area contributed by atoms with E-state index in [0.29, 0.717) is 26.4 Å². The van der Waals surface area contributed by atoms with Crippen molar-refractivity contribution in [3.63, 3.8) is 0 Å². The molecule has 0 unspecified atom stereocenters. The third-order valence-corrected chi connectivity index (χ3v) is 5.59. The number of benzene rings is 2. The minimum atomic E-state index is -0.208. The lowest BCUT2D eigenvalue weighted by molar-refractivity contribution is -0.122. The summed E-state index contributed by atoms with van der Waals surface area (Å²) in [5.41, 5.74) is 1.43. The van der Waals surface area contributed by atoms with Crippen LogP contribution in [0.3, 0.4) is 0 Å². The zero-order valence-electron chi connectivity index (χ0n) is 16.0. The molecule has 1 aliphatic rings. The molecule has 1 N–H and O–H groups in total. The molecule has 1 fully saturated rings. The smallest absolute Gasteiger partial charge is 0.266 e. The van der Waals surface area contributed by atoms with Gasteiger partial charge in [0.05, 0.1) is 19.1 Å². The highest BCUT2D eigenvalue weighted by molar-refractivity contribution is 8.26. The van der Waals surface area contributed by atoms with Gasteiger partial charge in [0.1, 0.15) is 15.8 Å². The molecule has 0 radical (unpaired) electrons. The number of carbonyl (C=O) groups excluding carboxylic acids is 2. The van der Waals surface area contributed by atoms with Crippen molar-refractivity contribution < 1.29 is 19.1 Å². The van der Waals surface area contributed by atoms with Crippen molar-refractivity contribution in [1.82, 2.24) is 4.90 Å². The predicted molar refractivity (Wildman–Crippen MR) is 119 cm³/mol. The van der Waals surface area contributed by atoms with Crippen molar-refractivity contribution in [2.45, 2.75) is 6.42 Å². The largest absolute Gasteiger partial charge is 0.497 e. The predicted octanol–water partition coefficient (Wildman–Crippen LogP) is 3.93. The van der Waals surface area contributed by atoms with Crippen molar-refractivity contribution in [3.05, 3.63) is 59.0 Å². The molecule has 1 saturated heterocycles. The van der Waals surface area contributed by atoms with Crippen molar-refractivity contribution in [3.8, 4) is 11.5 Å². The molecular weight excluding hydrogens is 408 g/mol. The van der Waals surface area contributed by atoms with Crippen LogP contribution in [0.1, 0.15) is 12.0 Å². The molecule has 2 aromatic carbocycles. The maximum atomic E-state index is 12.7. The number of hydrogen-bond donors (Lipinski definition) is 1. The van der Waals surface area contributed by atoms with E-state index in [1.54, 1.807) is 44.6 Å². The van der Waals surface area contributed by atoms with Crippen LogP contribution in [0.4, 0.5) is 5.69 Å². The molecule has 1 aliphatic heterocycles. The Morgan fingerprint density at radius 2 is 1.97 bits per heavy atom. The SMILES string of the molecule is COc1cccc(NC(=O)CCN2C(=O)C(=Cc3ccccc3OC)SC2=S)c1. The van der Waals surface area contributed by atoms with Gasteiger partial charge in [-0.05, 0) is 24.3 Å². The first-order valence-electron chi connectivity index (χ1n) is 8.84. The average molecular weight is 429 g/mol. The van der Waals surface area contributed by atoms with Gasteiger partial charge in [-0.2, -0.15) is 0 Å². The Labute approximate surface area is 178 Å². The summed E-state index contributed by atoms with van der Waals surface area (Å²) in [6.45, 7) is 0.212. The van der Waals surface area contributed by atoms with E-state index in [9.17, 15) is 9.59 Å². The Bertz CT molecular complexity index is 975. The van der Waals surface area contributed by atoms with Crippen molar-refractivity contribution in [1.29, 1.82) is 0 Å². The lowest BCUT2D eigenvalue weighted by atomic mass is 10.2. The molecule has 6 nitrogen and oxygen atoms in total. The van der Waals surface area contributed by atoms with Crippen molar-refractivity contribution >= 4 is 51.9 Å². The molecule has 0 spiro atoms. The van der Waals surface area contributed by atoms with Crippen molar-refractivity contribution in [2.75, 3.05) is 26.1 Å². The number of methoxy groups -OCH3 is 2. The van der Waals surface area contributed by atoms with Crippen LogP contribution in [0.5, 0.6) is 11.5 Å². The topological polar surface area (TPSA) is 67.9 Å². The second-order valence-corrected chi connectivity index (χ2v) is 7.78. The number of hydrogen-bond acceptors (Lipinski definition) is 6. The maximum absolute atomic E-state index is 12.7. The normalized spacial score (nSPS) is 15.0. The molecule has 1 heterocycles. The fraction of sp³-hybridized carbons (Fsp3) is 0.190. The van der Waals surface area contributed by atoms with Gasteiger partial charge >= 0.3 is 0 Å². The minimum Gasteiger partial charge on any atom is -0.497 e. The fourth-order valence-corrected chi connectivity index (χ4v) is 4.06. The molecule has 3 rings (SSSR count). The summed E-state index contributed by atoms with van der Waals surface area (Å²) < 4.78 is 10.9. The molecule has 2 aromatic rings. The molecule has 2 amide bonds. The van der Waals surface area contributed by atoms with Gasteiger partial charge in [-0.25, -0.2) is 0 Å². The van der Waals surface area contributed by atoms with Gasteiger partial charge < -0.3 is 14.8 Å². The van der Waals surface area contributed by atoms with Crippen LogP contribution in [-0.2, 0) is 9.59 Å². The highest BCUT2D eigenvalue weighted by atomic mass is 32.2. The van der Waals surface area contributed by atoms with Crippen LogP contribution < -0.4 is 14.8 Å². The van der Waals surface area contributed by atoms with E-state index in [-0.39, 0.29) is 24.8 Å². The molecule has 150 valence electrons. The highest BCUT2D eigenvalue weighted by Gasteiger charge is 2.32. The zero-order valence-corrected chi connectivity index (χ0v) is 17.6. The van der Waals surface area contributed by atoms with Crippen LogP contribution in [0.2, 0.25) is 0 Å². The lowest BCUT2D eigenvalue weighted by Crippen LogP contribution is -2.31. The molecular formula is C21H20N2O4S2. The van der Waals surface area contributed by atoms with E-state index in [1.165, 1.54) is 16.7 Å². The summed E-state index contributed by atoms with van der Waals surface area (Å²) in [5.74, 6) is 0.915. The lowest BCUT2D eigenvalue weighted by Gasteiger charge is -2.14. The molecule has 0 saturated carbocycles. The summed E-state index contributed by atoms with van der Waals surface area (Å²) in [5, 5.41) is 2.80. The Hall–Kier alpha value is -2.84. The highest BCUT2D eigenvalue weighted by Crippen LogP contribution is 2.34. The van der Waals surface area contributed by atoms with E-state index in [2.05, 4.69) is 5.32 Å². The molecule has 29 heavy (non-hydrogen) atoms. The first-order valence-corrected chi connectivity index (χ1v) is 10.1. The van der Waals surface area contributed by atoms with E-state index < -0.39 is 0 Å². The Morgan fingerprint density at radius 3 is 2.72 bits per heavy atom. The van der Waals surface area contributed by atoms with E-state index >= 15 is 0 Å². The number of rotatable bonds is 7. The summed E-state index contributed by atoms with van der Waals surface area (Å²) in [6.07, 6.45) is 1.89. The first-order chi connectivity index (χ1) is 14.0.